The van der Waals surface area contributed by atoms with Gasteiger partial charge in [-0.1, -0.05) is 26.0 Å². The van der Waals surface area contributed by atoms with E-state index in [0.717, 1.165) is 22.4 Å². The summed E-state index contributed by atoms with van der Waals surface area (Å²) in [6.07, 6.45) is 0. The number of benzene rings is 2. The molecular weight excluding hydrogens is 353 g/mol. The first-order chi connectivity index (χ1) is 12.1. The van der Waals surface area contributed by atoms with E-state index in [-0.39, 0.29) is 23.5 Å². The molecule has 0 amide bonds. The Hall–Kier alpha value is -1.92. The van der Waals surface area contributed by atoms with Crippen molar-refractivity contribution in [3.8, 4) is 5.75 Å². The molecule has 0 radical (unpaired) electrons. The van der Waals surface area contributed by atoms with Crippen LogP contribution in [0.5, 0.6) is 5.75 Å². The summed E-state index contributed by atoms with van der Waals surface area (Å²) < 4.78 is 46.1. The van der Waals surface area contributed by atoms with Crippen molar-refractivity contribution in [1.82, 2.24) is 4.72 Å². The summed E-state index contributed by atoms with van der Waals surface area (Å²) in [7, 11) is -1.93. The van der Waals surface area contributed by atoms with Crippen LogP contribution < -0.4 is 9.46 Å². The van der Waals surface area contributed by atoms with Crippen molar-refractivity contribution in [3.05, 3.63) is 64.5 Å². The molecule has 0 aliphatic rings. The van der Waals surface area contributed by atoms with Gasteiger partial charge in [0.2, 0.25) is 10.0 Å². The second kappa shape index (κ2) is 8.18. The van der Waals surface area contributed by atoms with Gasteiger partial charge >= 0.3 is 0 Å². The van der Waals surface area contributed by atoms with Gasteiger partial charge in [-0.2, -0.15) is 0 Å². The number of nitrogens with one attached hydrogen (secondary N) is 1. The molecule has 0 heterocycles. The number of hydrogen-bond donors (Lipinski definition) is 1. The number of aryl methyl sites for hydroxylation is 1. The predicted molar refractivity (Wildman–Crippen MR) is 102 cm³/mol. The lowest BCUT2D eigenvalue weighted by Crippen LogP contribution is -2.28. The third-order valence-electron chi connectivity index (χ3n) is 4.33. The summed E-state index contributed by atoms with van der Waals surface area (Å²) in [5, 5.41) is 0. The lowest BCUT2D eigenvalue weighted by molar-refractivity contribution is 0.406. The Labute approximate surface area is 155 Å². The molecule has 0 bridgehead atoms. The van der Waals surface area contributed by atoms with Crippen molar-refractivity contribution < 1.29 is 17.5 Å². The monoisotopic (exact) mass is 379 g/mol. The Morgan fingerprint density at radius 1 is 1.08 bits per heavy atom. The minimum Gasteiger partial charge on any atom is -0.496 e. The standard InChI is InChI=1S/C20H26FNO3S/c1-13(2)18-11-19(14(3)10-20(18)25-5)15(4)22-26(23,24)12-16-6-8-17(21)9-7-16/h6-11,13,15,22H,12H2,1-5H3/t15-/m1/s1. The second-order valence-corrected chi connectivity index (χ2v) is 8.58. The Kier molecular flexibility index (Phi) is 6.42. The Balaban J connectivity index is 2.24. The van der Waals surface area contributed by atoms with Crippen LogP contribution in [0.15, 0.2) is 36.4 Å². The van der Waals surface area contributed by atoms with Crippen LogP contribution in [0.25, 0.3) is 0 Å². The van der Waals surface area contributed by atoms with E-state index < -0.39 is 10.0 Å². The van der Waals surface area contributed by atoms with Crippen molar-refractivity contribution in [2.75, 3.05) is 7.11 Å². The van der Waals surface area contributed by atoms with E-state index in [1.165, 1.54) is 24.3 Å². The highest BCUT2D eigenvalue weighted by Gasteiger charge is 2.20. The molecule has 6 heteroatoms. The largest absolute Gasteiger partial charge is 0.496 e. The van der Waals surface area contributed by atoms with Crippen LogP contribution in [0, 0.1) is 12.7 Å². The zero-order chi connectivity index (χ0) is 19.5. The van der Waals surface area contributed by atoms with E-state index in [4.69, 9.17) is 4.74 Å². The number of methoxy groups -OCH3 is 1. The van der Waals surface area contributed by atoms with Gasteiger partial charge in [-0.05, 0) is 66.3 Å². The number of hydrogen-bond acceptors (Lipinski definition) is 3. The molecule has 0 aromatic heterocycles. The molecule has 2 aromatic carbocycles. The number of halogens is 1. The maximum Gasteiger partial charge on any atom is 0.216 e. The van der Waals surface area contributed by atoms with Gasteiger partial charge < -0.3 is 4.74 Å². The highest BCUT2D eigenvalue weighted by molar-refractivity contribution is 7.88. The normalized spacial score (nSPS) is 13.0. The highest BCUT2D eigenvalue weighted by atomic mass is 32.2. The van der Waals surface area contributed by atoms with Gasteiger partial charge in [0.1, 0.15) is 11.6 Å². The average Bonchev–Trinajstić information content (AvgIpc) is 2.55. The third-order valence-corrected chi connectivity index (χ3v) is 5.76. The fraction of sp³-hybridized carbons (Fsp3) is 0.400. The first kappa shape index (κ1) is 20.4. The van der Waals surface area contributed by atoms with Crippen LogP contribution in [0.3, 0.4) is 0 Å². The summed E-state index contributed by atoms with van der Waals surface area (Å²) in [4.78, 5) is 0. The molecule has 0 spiro atoms. The number of sulfonamides is 1. The quantitative estimate of drug-likeness (QED) is 0.773. The molecule has 1 atom stereocenters. The molecule has 0 aliphatic carbocycles. The van der Waals surface area contributed by atoms with Crippen molar-refractivity contribution in [2.24, 2.45) is 0 Å². The van der Waals surface area contributed by atoms with Gasteiger partial charge in [-0.15, -0.1) is 0 Å². The fourth-order valence-electron chi connectivity index (χ4n) is 2.98. The smallest absolute Gasteiger partial charge is 0.216 e. The van der Waals surface area contributed by atoms with Crippen LogP contribution in [-0.2, 0) is 15.8 Å². The molecule has 0 aliphatic heterocycles. The number of ether oxygens (including phenoxy) is 1. The topological polar surface area (TPSA) is 55.4 Å². The van der Waals surface area contributed by atoms with Crippen LogP contribution in [0.1, 0.15) is 55.0 Å². The van der Waals surface area contributed by atoms with Gasteiger partial charge in [0, 0.05) is 6.04 Å². The van der Waals surface area contributed by atoms with Crippen LogP contribution in [0.2, 0.25) is 0 Å². The Bertz CT molecular complexity index is 861. The molecule has 2 aromatic rings. The summed E-state index contributed by atoms with van der Waals surface area (Å²) in [6, 6.07) is 9.04. The molecule has 2 rings (SSSR count). The summed E-state index contributed by atoms with van der Waals surface area (Å²) >= 11 is 0. The van der Waals surface area contributed by atoms with Crippen molar-refractivity contribution in [2.45, 2.75) is 45.4 Å². The average molecular weight is 379 g/mol. The summed E-state index contributed by atoms with van der Waals surface area (Å²) in [5.41, 5.74) is 3.46. The van der Waals surface area contributed by atoms with E-state index >= 15 is 0 Å². The first-order valence-electron chi connectivity index (χ1n) is 8.56. The van der Waals surface area contributed by atoms with Crippen molar-refractivity contribution >= 4 is 10.0 Å². The zero-order valence-corrected chi connectivity index (χ0v) is 16.7. The molecule has 0 unspecified atom stereocenters. The van der Waals surface area contributed by atoms with E-state index in [1.807, 2.05) is 26.0 Å². The second-order valence-electron chi connectivity index (χ2n) is 6.83. The third kappa shape index (κ3) is 5.05. The highest BCUT2D eigenvalue weighted by Crippen LogP contribution is 2.32. The zero-order valence-electron chi connectivity index (χ0n) is 15.8. The Morgan fingerprint density at radius 2 is 1.69 bits per heavy atom. The van der Waals surface area contributed by atoms with E-state index in [1.54, 1.807) is 7.11 Å². The van der Waals surface area contributed by atoms with Crippen LogP contribution in [-0.4, -0.2) is 15.5 Å². The van der Waals surface area contributed by atoms with Gasteiger partial charge in [-0.3, -0.25) is 0 Å². The SMILES string of the molecule is COc1cc(C)c([C@@H](C)NS(=O)(=O)Cc2ccc(F)cc2)cc1C(C)C. The summed E-state index contributed by atoms with van der Waals surface area (Å²) in [6.45, 7) is 7.90. The van der Waals surface area contributed by atoms with Gasteiger partial charge in [-0.25, -0.2) is 17.5 Å². The first-order valence-corrected chi connectivity index (χ1v) is 10.2. The molecule has 0 saturated heterocycles. The van der Waals surface area contributed by atoms with E-state index in [9.17, 15) is 12.8 Å². The van der Waals surface area contributed by atoms with E-state index in [0.29, 0.717) is 5.56 Å². The minimum absolute atomic E-state index is 0.191. The molecular formula is C20H26FNO3S. The molecule has 26 heavy (non-hydrogen) atoms. The van der Waals surface area contributed by atoms with E-state index in [2.05, 4.69) is 18.6 Å². The Morgan fingerprint density at radius 3 is 2.23 bits per heavy atom. The van der Waals surface area contributed by atoms with Crippen LogP contribution >= 0.6 is 0 Å². The predicted octanol–water partition coefficient (Wildman–Crippen LogP) is 4.45. The summed E-state index contributed by atoms with van der Waals surface area (Å²) in [5.74, 6) is 0.488. The lowest BCUT2D eigenvalue weighted by atomic mass is 9.94. The molecule has 4 nitrogen and oxygen atoms in total. The number of rotatable bonds is 7. The lowest BCUT2D eigenvalue weighted by Gasteiger charge is -2.21. The minimum atomic E-state index is -3.56. The van der Waals surface area contributed by atoms with Crippen molar-refractivity contribution in [3.63, 3.8) is 0 Å². The van der Waals surface area contributed by atoms with Crippen LogP contribution in [0.4, 0.5) is 4.39 Å². The maximum absolute atomic E-state index is 13.0. The van der Waals surface area contributed by atoms with Crippen molar-refractivity contribution in [1.29, 1.82) is 0 Å². The molecule has 0 fully saturated rings. The van der Waals surface area contributed by atoms with Gasteiger partial charge in [0.05, 0.1) is 12.9 Å². The fourth-order valence-corrected chi connectivity index (χ4v) is 4.37. The maximum atomic E-state index is 13.0. The van der Waals surface area contributed by atoms with Gasteiger partial charge in [0.25, 0.3) is 0 Å². The van der Waals surface area contributed by atoms with Gasteiger partial charge in [0.15, 0.2) is 0 Å². The molecule has 1 N–H and O–H groups in total. The molecule has 142 valence electrons. The molecule has 0 saturated carbocycles.